The molecule has 2 aromatic heterocycles. The lowest BCUT2D eigenvalue weighted by Crippen LogP contribution is -2.36. The van der Waals surface area contributed by atoms with E-state index in [0.29, 0.717) is 29.9 Å². The number of methoxy groups -OCH3 is 1. The molecule has 0 aliphatic heterocycles. The molecule has 0 aromatic carbocycles. The highest BCUT2D eigenvalue weighted by atomic mass is 127. The fourth-order valence-corrected chi connectivity index (χ4v) is 2.59. The summed E-state index contributed by atoms with van der Waals surface area (Å²) in [6.07, 6.45) is -2.80. The Morgan fingerprint density at radius 3 is 2.73 bits per heavy atom. The fraction of sp³-hybridized carbons (Fsp3) is 0.400. The molecule has 11 heteroatoms. The Morgan fingerprint density at radius 1 is 1.35 bits per heavy atom. The predicted molar refractivity (Wildman–Crippen MR) is 105 cm³/mol. The van der Waals surface area contributed by atoms with Crippen LogP contribution in [0.3, 0.4) is 0 Å². The molecule has 0 aliphatic rings. The van der Waals surface area contributed by atoms with Gasteiger partial charge >= 0.3 is 6.18 Å². The van der Waals surface area contributed by atoms with E-state index < -0.39 is 11.9 Å². The molecule has 144 valence electrons. The smallest absolute Gasteiger partial charge is 0.434 e. The van der Waals surface area contributed by atoms with Gasteiger partial charge in [-0.15, -0.1) is 35.3 Å². The van der Waals surface area contributed by atoms with Crippen LogP contribution in [0.2, 0.25) is 0 Å². The maximum atomic E-state index is 12.6. The average Bonchev–Trinajstić information content (AvgIpc) is 3.07. The molecular weight excluding hydrogens is 482 g/mol. The summed E-state index contributed by atoms with van der Waals surface area (Å²) in [6.45, 7) is 3.06. The van der Waals surface area contributed by atoms with Crippen LogP contribution in [0.5, 0.6) is 5.88 Å². The van der Waals surface area contributed by atoms with Gasteiger partial charge in [0, 0.05) is 24.2 Å². The zero-order valence-corrected chi connectivity index (χ0v) is 17.3. The number of aromatic nitrogens is 2. The zero-order chi connectivity index (χ0) is 18.3. The summed E-state index contributed by atoms with van der Waals surface area (Å²) in [7, 11) is 1.53. The summed E-state index contributed by atoms with van der Waals surface area (Å²) >= 11 is 0.955. The van der Waals surface area contributed by atoms with E-state index >= 15 is 0 Å². The lowest BCUT2D eigenvalue weighted by Gasteiger charge is -2.10. The number of nitrogens with one attached hydrogen (secondary N) is 2. The van der Waals surface area contributed by atoms with Crippen molar-refractivity contribution >= 4 is 41.3 Å². The molecule has 2 aromatic rings. The van der Waals surface area contributed by atoms with Crippen LogP contribution in [-0.2, 0) is 19.3 Å². The Balaban J connectivity index is 0.00000338. The highest BCUT2D eigenvalue weighted by Gasteiger charge is 2.33. The lowest BCUT2D eigenvalue weighted by atomic mass is 10.3. The number of ether oxygens (including phenoxy) is 1. The van der Waals surface area contributed by atoms with Gasteiger partial charge in [-0.25, -0.2) is 15.0 Å². The highest BCUT2D eigenvalue weighted by molar-refractivity contribution is 14.0. The van der Waals surface area contributed by atoms with Crippen molar-refractivity contribution in [1.29, 1.82) is 0 Å². The van der Waals surface area contributed by atoms with E-state index in [1.165, 1.54) is 7.11 Å². The van der Waals surface area contributed by atoms with Crippen molar-refractivity contribution in [2.24, 2.45) is 4.99 Å². The number of hydrogen-bond donors (Lipinski definition) is 2. The first-order valence-electron chi connectivity index (χ1n) is 7.45. The summed E-state index contributed by atoms with van der Waals surface area (Å²) in [5.74, 6) is 0.982. The van der Waals surface area contributed by atoms with Gasteiger partial charge in [-0.2, -0.15) is 13.2 Å². The third kappa shape index (κ3) is 6.94. The van der Waals surface area contributed by atoms with Crippen LogP contribution < -0.4 is 15.4 Å². The Kier molecular flexibility index (Phi) is 9.05. The normalized spacial score (nSPS) is 11.7. The second kappa shape index (κ2) is 10.5. The summed E-state index contributed by atoms with van der Waals surface area (Å²) in [5, 5.41) is 7.35. The zero-order valence-electron chi connectivity index (χ0n) is 14.1. The number of halogens is 4. The van der Waals surface area contributed by atoms with Gasteiger partial charge in [0.25, 0.3) is 0 Å². The number of aliphatic imine (C=N–C) groups is 1. The Bertz CT molecular complexity index is 723. The van der Waals surface area contributed by atoms with E-state index in [1.54, 1.807) is 12.3 Å². The van der Waals surface area contributed by atoms with Gasteiger partial charge in [-0.3, -0.25) is 0 Å². The predicted octanol–water partition coefficient (Wildman–Crippen LogP) is 3.44. The minimum atomic E-state index is -4.42. The van der Waals surface area contributed by atoms with E-state index in [1.807, 2.05) is 13.0 Å². The van der Waals surface area contributed by atoms with Gasteiger partial charge in [-0.05, 0) is 18.6 Å². The Hall–Kier alpha value is -1.63. The van der Waals surface area contributed by atoms with E-state index in [-0.39, 0.29) is 30.5 Å². The number of guanidine groups is 1. The monoisotopic (exact) mass is 501 g/mol. The largest absolute Gasteiger partial charge is 0.481 e. The first kappa shape index (κ1) is 22.4. The van der Waals surface area contributed by atoms with Crippen molar-refractivity contribution in [3.8, 4) is 5.88 Å². The van der Waals surface area contributed by atoms with Crippen molar-refractivity contribution in [2.75, 3.05) is 13.7 Å². The van der Waals surface area contributed by atoms with Crippen LogP contribution in [0.25, 0.3) is 0 Å². The number of alkyl halides is 3. The van der Waals surface area contributed by atoms with Gasteiger partial charge < -0.3 is 15.4 Å². The number of hydrogen-bond acceptors (Lipinski definition) is 5. The second-order valence-electron chi connectivity index (χ2n) is 4.88. The summed E-state index contributed by atoms with van der Waals surface area (Å²) < 4.78 is 42.7. The molecule has 6 nitrogen and oxygen atoms in total. The summed E-state index contributed by atoms with van der Waals surface area (Å²) in [4.78, 5) is 12.0. The molecule has 0 saturated heterocycles. The molecule has 2 N–H and O–H groups in total. The first-order valence-corrected chi connectivity index (χ1v) is 8.33. The van der Waals surface area contributed by atoms with E-state index in [0.717, 1.165) is 22.3 Å². The molecule has 0 bridgehead atoms. The number of pyridine rings is 1. The SMILES string of the molecule is CCNC(=NCc1ccnc(OC)c1)NCc1nc(C(F)(F)F)cs1.I. The quantitative estimate of drug-likeness (QED) is 0.361. The molecule has 0 radical (unpaired) electrons. The third-order valence-corrected chi connectivity index (χ3v) is 3.87. The van der Waals surface area contributed by atoms with Gasteiger partial charge in [0.05, 0.1) is 20.2 Å². The molecule has 0 fully saturated rings. The minimum absolute atomic E-state index is 0. The maximum absolute atomic E-state index is 12.6. The van der Waals surface area contributed by atoms with Crippen molar-refractivity contribution in [3.63, 3.8) is 0 Å². The van der Waals surface area contributed by atoms with Crippen LogP contribution in [0.4, 0.5) is 13.2 Å². The van der Waals surface area contributed by atoms with E-state index in [9.17, 15) is 13.2 Å². The number of rotatable bonds is 6. The second-order valence-corrected chi connectivity index (χ2v) is 5.82. The first-order chi connectivity index (χ1) is 11.9. The van der Waals surface area contributed by atoms with Gasteiger partial charge in [0.1, 0.15) is 5.01 Å². The third-order valence-electron chi connectivity index (χ3n) is 3.02. The molecule has 2 heterocycles. The molecule has 26 heavy (non-hydrogen) atoms. The van der Waals surface area contributed by atoms with Crippen molar-refractivity contribution in [3.05, 3.63) is 40.0 Å². The molecule has 0 spiro atoms. The fourth-order valence-electron chi connectivity index (χ4n) is 1.85. The molecular formula is C15H19F3IN5OS. The Morgan fingerprint density at radius 2 is 2.12 bits per heavy atom. The molecule has 0 unspecified atom stereocenters. The summed E-state index contributed by atoms with van der Waals surface area (Å²) in [5.41, 5.74) is 0.0257. The summed E-state index contributed by atoms with van der Waals surface area (Å²) in [6, 6.07) is 3.58. The van der Waals surface area contributed by atoms with E-state index in [2.05, 4.69) is 25.6 Å². The Labute approximate surface area is 170 Å². The van der Waals surface area contributed by atoms with Crippen LogP contribution in [-0.4, -0.2) is 29.6 Å². The molecule has 0 atom stereocenters. The number of nitrogens with zero attached hydrogens (tertiary/aromatic N) is 3. The number of thiazole rings is 1. The van der Waals surface area contributed by atoms with Gasteiger partial charge in [0.2, 0.25) is 5.88 Å². The molecule has 0 amide bonds. The average molecular weight is 501 g/mol. The van der Waals surface area contributed by atoms with Crippen molar-refractivity contribution < 1.29 is 17.9 Å². The van der Waals surface area contributed by atoms with Crippen molar-refractivity contribution in [1.82, 2.24) is 20.6 Å². The molecule has 0 saturated carbocycles. The van der Waals surface area contributed by atoms with Crippen LogP contribution in [0.15, 0.2) is 28.7 Å². The minimum Gasteiger partial charge on any atom is -0.481 e. The van der Waals surface area contributed by atoms with Crippen LogP contribution in [0.1, 0.15) is 23.2 Å². The topological polar surface area (TPSA) is 71.4 Å². The van der Waals surface area contributed by atoms with Gasteiger partial charge in [-0.1, -0.05) is 0 Å². The standard InChI is InChI=1S/C15H18F3N5OS.HI/c1-3-19-14(21-7-10-4-5-20-12(6-10)24-2)22-8-13-23-11(9-25-13)15(16,17)18;/h4-6,9H,3,7-8H2,1-2H3,(H2,19,21,22);1H. The van der Waals surface area contributed by atoms with Crippen LogP contribution >= 0.6 is 35.3 Å². The molecule has 2 rings (SSSR count). The lowest BCUT2D eigenvalue weighted by molar-refractivity contribution is -0.140. The maximum Gasteiger partial charge on any atom is 0.434 e. The van der Waals surface area contributed by atoms with Crippen molar-refractivity contribution in [2.45, 2.75) is 26.2 Å². The molecule has 0 aliphatic carbocycles. The highest BCUT2D eigenvalue weighted by Crippen LogP contribution is 2.29. The van der Waals surface area contributed by atoms with Crippen LogP contribution in [0, 0.1) is 0 Å². The van der Waals surface area contributed by atoms with E-state index in [4.69, 9.17) is 4.74 Å². The van der Waals surface area contributed by atoms with Gasteiger partial charge in [0.15, 0.2) is 11.7 Å².